The summed E-state index contributed by atoms with van der Waals surface area (Å²) in [6.45, 7) is 11.4. The van der Waals surface area contributed by atoms with Crippen LogP contribution >= 0.6 is 0 Å². The van der Waals surface area contributed by atoms with E-state index in [0.717, 1.165) is 49.3 Å². The normalized spacial score (nSPS) is 13.4. The zero-order valence-electron chi connectivity index (χ0n) is 15.9. The van der Waals surface area contributed by atoms with Crippen LogP contribution in [-0.2, 0) is 9.53 Å². The molecule has 136 valence electrons. The summed E-state index contributed by atoms with van der Waals surface area (Å²) >= 11 is 0. The van der Waals surface area contributed by atoms with Gasteiger partial charge in [-0.15, -0.1) is 0 Å². The predicted molar refractivity (Wildman–Crippen MR) is 99.8 cm³/mol. The standard InChI is InChI=1S/C20H33NO3/c1-6-9-14-23-18-11-10-17(15-16(18)4)21-19(22)20(5,12-7-2)24-13-8-3/h10-11,15H,6-9,12-14H2,1-5H3,(H,21,22). The van der Waals surface area contributed by atoms with E-state index < -0.39 is 5.60 Å². The molecular weight excluding hydrogens is 302 g/mol. The molecule has 1 atom stereocenters. The highest BCUT2D eigenvalue weighted by molar-refractivity contribution is 5.97. The van der Waals surface area contributed by atoms with Crippen molar-refractivity contribution in [3.63, 3.8) is 0 Å². The molecule has 0 fully saturated rings. The largest absolute Gasteiger partial charge is 0.493 e. The molecule has 24 heavy (non-hydrogen) atoms. The van der Waals surface area contributed by atoms with Gasteiger partial charge in [-0.05, 0) is 56.9 Å². The SMILES string of the molecule is CCCCOc1ccc(NC(=O)C(C)(CCC)OCCC)cc1C. The van der Waals surface area contributed by atoms with Crippen molar-refractivity contribution in [2.45, 2.75) is 72.3 Å². The summed E-state index contributed by atoms with van der Waals surface area (Å²) in [7, 11) is 0. The molecule has 0 spiro atoms. The van der Waals surface area contributed by atoms with Gasteiger partial charge < -0.3 is 14.8 Å². The van der Waals surface area contributed by atoms with E-state index in [4.69, 9.17) is 9.47 Å². The van der Waals surface area contributed by atoms with Crippen LogP contribution in [0.1, 0.15) is 65.4 Å². The Balaban J connectivity index is 2.76. The van der Waals surface area contributed by atoms with Gasteiger partial charge in [-0.3, -0.25) is 4.79 Å². The van der Waals surface area contributed by atoms with Crippen molar-refractivity contribution in [2.24, 2.45) is 0 Å². The van der Waals surface area contributed by atoms with Gasteiger partial charge in [0, 0.05) is 12.3 Å². The highest BCUT2D eigenvalue weighted by Gasteiger charge is 2.33. The van der Waals surface area contributed by atoms with Gasteiger partial charge in [0.1, 0.15) is 11.4 Å². The molecule has 1 amide bonds. The fourth-order valence-electron chi connectivity index (χ4n) is 2.53. The molecule has 4 heteroatoms. The van der Waals surface area contributed by atoms with E-state index in [1.807, 2.05) is 39.0 Å². The molecule has 0 saturated heterocycles. The Morgan fingerprint density at radius 2 is 1.88 bits per heavy atom. The quantitative estimate of drug-likeness (QED) is 0.572. The third-order valence-electron chi connectivity index (χ3n) is 4.02. The average molecular weight is 335 g/mol. The third-order valence-corrected chi connectivity index (χ3v) is 4.02. The van der Waals surface area contributed by atoms with E-state index in [0.29, 0.717) is 13.0 Å². The van der Waals surface area contributed by atoms with E-state index in [-0.39, 0.29) is 5.91 Å². The van der Waals surface area contributed by atoms with Gasteiger partial charge >= 0.3 is 0 Å². The summed E-state index contributed by atoms with van der Waals surface area (Å²) in [4.78, 5) is 12.7. The zero-order valence-corrected chi connectivity index (χ0v) is 15.9. The lowest BCUT2D eigenvalue weighted by molar-refractivity contribution is -0.140. The summed E-state index contributed by atoms with van der Waals surface area (Å²) in [5, 5.41) is 2.99. The maximum absolute atomic E-state index is 12.7. The third kappa shape index (κ3) is 6.16. The second kappa shape index (κ2) is 10.3. The molecule has 0 aliphatic carbocycles. The maximum atomic E-state index is 12.7. The first-order chi connectivity index (χ1) is 11.5. The number of hydrogen-bond donors (Lipinski definition) is 1. The first kappa shape index (κ1) is 20.5. The molecule has 0 aromatic heterocycles. The molecule has 0 bridgehead atoms. The molecule has 0 radical (unpaired) electrons. The summed E-state index contributed by atoms with van der Waals surface area (Å²) in [6, 6.07) is 5.76. The van der Waals surface area contributed by atoms with Crippen LogP contribution < -0.4 is 10.1 Å². The van der Waals surface area contributed by atoms with Crippen molar-refractivity contribution in [1.82, 2.24) is 0 Å². The number of ether oxygens (including phenoxy) is 2. The minimum atomic E-state index is -0.783. The molecule has 1 N–H and O–H groups in total. The molecular formula is C20H33NO3. The monoisotopic (exact) mass is 335 g/mol. The number of benzene rings is 1. The Hall–Kier alpha value is -1.55. The van der Waals surface area contributed by atoms with Gasteiger partial charge in [0.15, 0.2) is 0 Å². The summed E-state index contributed by atoms with van der Waals surface area (Å²) in [6.07, 6.45) is 4.66. The van der Waals surface area contributed by atoms with Crippen molar-refractivity contribution in [3.05, 3.63) is 23.8 Å². The fourth-order valence-corrected chi connectivity index (χ4v) is 2.53. The van der Waals surface area contributed by atoms with E-state index in [9.17, 15) is 4.79 Å². The number of unbranched alkanes of at least 4 members (excludes halogenated alkanes) is 1. The van der Waals surface area contributed by atoms with Gasteiger partial charge in [0.05, 0.1) is 6.61 Å². The lowest BCUT2D eigenvalue weighted by Gasteiger charge is -2.28. The molecule has 0 aliphatic rings. The Morgan fingerprint density at radius 1 is 1.12 bits per heavy atom. The number of hydrogen-bond acceptors (Lipinski definition) is 3. The van der Waals surface area contributed by atoms with Crippen molar-refractivity contribution < 1.29 is 14.3 Å². The van der Waals surface area contributed by atoms with Gasteiger partial charge in [-0.25, -0.2) is 0 Å². The molecule has 1 aromatic rings. The van der Waals surface area contributed by atoms with Crippen LogP contribution in [-0.4, -0.2) is 24.7 Å². The van der Waals surface area contributed by atoms with Gasteiger partial charge in [0.2, 0.25) is 0 Å². The van der Waals surface area contributed by atoms with Crippen LogP contribution in [0.4, 0.5) is 5.69 Å². The second-order valence-corrected chi connectivity index (χ2v) is 6.47. The van der Waals surface area contributed by atoms with E-state index in [2.05, 4.69) is 19.2 Å². The number of nitrogens with one attached hydrogen (secondary N) is 1. The molecule has 0 heterocycles. The molecule has 1 unspecified atom stereocenters. The highest BCUT2D eigenvalue weighted by atomic mass is 16.5. The van der Waals surface area contributed by atoms with Crippen molar-refractivity contribution in [3.8, 4) is 5.75 Å². The van der Waals surface area contributed by atoms with Gasteiger partial charge in [-0.1, -0.05) is 33.6 Å². The summed E-state index contributed by atoms with van der Waals surface area (Å²) in [5.74, 6) is 0.789. The molecule has 4 nitrogen and oxygen atoms in total. The van der Waals surface area contributed by atoms with Crippen molar-refractivity contribution in [2.75, 3.05) is 18.5 Å². The maximum Gasteiger partial charge on any atom is 0.256 e. The van der Waals surface area contributed by atoms with E-state index in [1.165, 1.54) is 0 Å². The summed E-state index contributed by atoms with van der Waals surface area (Å²) < 4.78 is 11.6. The number of carbonyl (C=O) groups excluding carboxylic acids is 1. The van der Waals surface area contributed by atoms with Crippen LogP contribution in [0.25, 0.3) is 0 Å². The topological polar surface area (TPSA) is 47.6 Å². The zero-order chi connectivity index (χ0) is 18.0. The second-order valence-electron chi connectivity index (χ2n) is 6.47. The number of anilines is 1. The Bertz CT molecular complexity index is 516. The number of amides is 1. The Kier molecular flexibility index (Phi) is 8.83. The molecule has 0 saturated carbocycles. The molecule has 1 aromatic carbocycles. The lowest BCUT2D eigenvalue weighted by Crippen LogP contribution is -2.43. The van der Waals surface area contributed by atoms with E-state index >= 15 is 0 Å². The fraction of sp³-hybridized carbons (Fsp3) is 0.650. The van der Waals surface area contributed by atoms with Crippen LogP contribution in [0.3, 0.4) is 0 Å². The van der Waals surface area contributed by atoms with Crippen molar-refractivity contribution >= 4 is 11.6 Å². The Morgan fingerprint density at radius 3 is 2.46 bits per heavy atom. The summed E-state index contributed by atoms with van der Waals surface area (Å²) in [5.41, 5.74) is 1.02. The first-order valence-electron chi connectivity index (χ1n) is 9.15. The number of rotatable bonds is 11. The van der Waals surface area contributed by atoms with Gasteiger partial charge in [0.25, 0.3) is 5.91 Å². The average Bonchev–Trinajstić information content (AvgIpc) is 2.55. The van der Waals surface area contributed by atoms with Crippen LogP contribution in [0.5, 0.6) is 5.75 Å². The van der Waals surface area contributed by atoms with Crippen LogP contribution in [0.15, 0.2) is 18.2 Å². The van der Waals surface area contributed by atoms with Crippen LogP contribution in [0, 0.1) is 6.92 Å². The van der Waals surface area contributed by atoms with E-state index in [1.54, 1.807) is 0 Å². The van der Waals surface area contributed by atoms with Gasteiger partial charge in [-0.2, -0.15) is 0 Å². The highest BCUT2D eigenvalue weighted by Crippen LogP contribution is 2.25. The van der Waals surface area contributed by atoms with Crippen molar-refractivity contribution in [1.29, 1.82) is 0 Å². The first-order valence-corrected chi connectivity index (χ1v) is 9.15. The molecule has 1 rings (SSSR count). The number of carbonyl (C=O) groups is 1. The minimum absolute atomic E-state index is 0.0862. The molecule has 0 aliphatic heterocycles. The minimum Gasteiger partial charge on any atom is -0.493 e. The smallest absolute Gasteiger partial charge is 0.256 e. The van der Waals surface area contributed by atoms with Crippen LogP contribution in [0.2, 0.25) is 0 Å². The lowest BCUT2D eigenvalue weighted by atomic mass is 9.98. The predicted octanol–water partition coefficient (Wildman–Crippen LogP) is 5.10. The number of aryl methyl sites for hydroxylation is 1. The Labute approximate surface area is 146 Å².